The lowest BCUT2D eigenvalue weighted by Gasteiger charge is -2.34. The summed E-state index contributed by atoms with van der Waals surface area (Å²) in [6, 6.07) is 7.81. The Balaban J connectivity index is 1.08. The minimum atomic E-state index is -0.0201. The van der Waals surface area contributed by atoms with Crippen molar-refractivity contribution in [2.45, 2.75) is 57.8 Å². The van der Waals surface area contributed by atoms with E-state index in [-0.39, 0.29) is 17.2 Å². The van der Waals surface area contributed by atoms with Crippen LogP contribution in [0.5, 0.6) is 5.75 Å². The fourth-order valence-electron chi connectivity index (χ4n) is 5.80. The highest BCUT2D eigenvalue weighted by Crippen LogP contribution is 2.27. The summed E-state index contributed by atoms with van der Waals surface area (Å²) >= 11 is 0. The molecule has 0 radical (unpaired) electrons. The van der Waals surface area contributed by atoms with E-state index in [4.69, 9.17) is 4.74 Å². The van der Waals surface area contributed by atoms with Crippen molar-refractivity contribution in [1.82, 2.24) is 24.3 Å². The predicted molar refractivity (Wildman–Crippen MR) is 131 cm³/mol. The molecule has 1 atom stereocenters. The van der Waals surface area contributed by atoms with Crippen molar-refractivity contribution in [2.24, 2.45) is 0 Å². The summed E-state index contributed by atoms with van der Waals surface area (Å²) in [5.74, 6) is 0.935. The molecule has 0 saturated carbocycles. The van der Waals surface area contributed by atoms with Gasteiger partial charge in [-0.1, -0.05) is 0 Å². The first-order valence-electron chi connectivity index (χ1n) is 12.4. The summed E-state index contributed by atoms with van der Waals surface area (Å²) in [5, 5.41) is 4.67. The number of hydrogen-bond donors (Lipinski definition) is 1. The minimum Gasteiger partial charge on any atom is -0.492 e. The monoisotopic (exact) mass is 461 g/mol. The van der Waals surface area contributed by atoms with Gasteiger partial charge in [-0.3, -0.25) is 23.7 Å². The molecule has 3 aromatic rings. The Labute approximate surface area is 198 Å². The maximum Gasteiger partial charge on any atom is 0.252 e. The van der Waals surface area contributed by atoms with Crippen LogP contribution >= 0.6 is 0 Å². The SMILES string of the molecule is Cc1cc(=O)n2c3c1ccc(=O)n3[C@H](CN1CCC(NCc3cc4c(cn3)OCCC4)CC1)C2. The van der Waals surface area contributed by atoms with Crippen LogP contribution in [0.25, 0.3) is 11.0 Å². The molecule has 6 heterocycles. The zero-order valence-electron chi connectivity index (χ0n) is 19.6. The summed E-state index contributed by atoms with van der Waals surface area (Å²) in [7, 11) is 0. The van der Waals surface area contributed by atoms with Crippen molar-refractivity contribution >= 4 is 11.0 Å². The van der Waals surface area contributed by atoms with Gasteiger partial charge in [0.15, 0.2) is 0 Å². The lowest BCUT2D eigenvalue weighted by Crippen LogP contribution is -2.44. The summed E-state index contributed by atoms with van der Waals surface area (Å²) in [4.78, 5) is 32.3. The average molecular weight is 462 g/mol. The van der Waals surface area contributed by atoms with Gasteiger partial charge < -0.3 is 15.0 Å². The molecule has 0 amide bonds. The van der Waals surface area contributed by atoms with Gasteiger partial charge in [0.05, 0.1) is 24.5 Å². The molecular weight excluding hydrogens is 430 g/mol. The fraction of sp³-hybridized carbons (Fsp3) is 0.500. The van der Waals surface area contributed by atoms with E-state index in [0.29, 0.717) is 12.6 Å². The van der Waals surface area contributed by atoms with Crippen LogP contribution in [0.1, 0.15) is 42.1 Å². The number of piperidine rings is 1. The van der Waals surface area contributed by atoms with Gasteiger partial charge in [-0.05, 0) is 69.0 Å². The number of rotatable bonds is 5. The summed E-state index contributed by atoms with van der Waals surface area (Å²) in [6.07, 6.45) is 6.13. The van der Waals surface area contributed by atoms with Crippen molar-refractivity contribution in [3.63, 3.8) is 0 Å². The highest BCUT2D eigenvalue weighted by Gasteiger charge is 2.29. The summed E-state index contributed by atoms with van der Waals surface area (Å²) < 4.78 is 9.29. The Morgan fingerprint density at radius 1 is 1.15 bits per heavy atom. The zero-order valence-corrected chi connectivity index (χ0v) is 19.6. The van der Waals surface area contributed by atoms with Crippen LogP contribution in [-0.4, -0.2) is 51.3 Å². The normalized spacial score (nSPS) is 20.4. The Morgan fingerprint density at radius 3 is 2.85 bits per heavy atom. The summed E-state index contributed by atoms with van der Waals surface area (Å²) in [6.45, 7) is 6.82. The van der Waals surface area contributed by atoms with E-state index < -0.39 is 0 Å². The third-order valence-electron chi connectivity index (χ3n) is 7.63. The van der Waals surface area contributed by atoms with Gasteiger partial charge >= 0.3 is 0 Å². The number of nitrogens with one attached hydrogen (secondary N) is 1. The average Bonchev–Trinajstić information content (AvgIpc) is 3.23. The lowest BCUT2D eigenvalue weighted by molar-refractivity contribution is 0.171. The highest BCUT2D eigenvalue weighted by atomic mass is 16.5. The first kappa shape index (κ1) is 21.6. The van der Waals surface area contributed by atoms with Crippen LogP contribution in [0.2, 0.25) is 0 Å². The van der Waals surface area contributed by atoms with E-state index >= 15 is 0 Å². The zero-order chi connectivity index (χ0) is 23.2. The largest absolute Gasteiger partial charge is 0.492 e. The Morgan fingerprint density at radius 2 is 2.00 bits per heavy atom. The number of aromatic nitrogens is 3. The van der Waals surface area contributed by atoms with E-state index in [1.165, 1.54) is 5.56 Å². The van der Waals surface area contributed by atoms with Crippen molar-refractivity contribution in [1.29, 1.82) is 0 Å². The number of pyridine rings is 3. The fourth-order valence-corrected chi connectivity index (χ4v) is 5.80. The molecule has 6 rings (SSSR count). The molecule has 178 valence electrons. The molecule has 1 fully saturated rings. The second kappa shape index (κ2) is 8.67. The lowest BCUT2D eigenvalue weighted by atomic mass is 10.0. The van der Waals surface area contributed by atoms with Gasteiger partial charge in [0.25, 0.3) is 11.1 Å². The molecule has 1 N–H and O–H groups in total. The predicted octanol–water partition coefficient (Wildman–Crippen LogP) is 2.00. The number of hydrogen-bond acceptors (Lipinski definition) is 6. The van der Waals surface area contributed by atoms with Gasteiger partial charge in [0, 0.05) is 43.2 Å². The van der Waals surface area contributed by atoms with Gasteiger partial charge in [-0.15, -0.1) is 0 Å². The van der Waals surface area contributed by atoms with E-state index in [1.807, 2.05) is 23.8 Å². The molecule has 0 unspecified atom stereocenters. The molecule has 3 aromatic heterocycles. The molecule has 0 aromatic carbocycles. The van der Waals surface area contributed by atoms with Crippen molar-refractivity contribution in [3.8, 4) is 5.75 Å². The van der Waals surface area contributed by atoms with Crippen molar-refractivity contribution in [3.05, 3.63) is 68.0 Å². The minimum absolute atomic E-state index is 0.00266. The van der Waals surface area contributed by atoms with E-state index in [1.54, 1.807) is 16.7 Å². The number of likely N-dealkylation sites (tertiary alicyclic amines) is 1. The Hall–Kier alpha value is -2.97. The third-order valence-corrected chi connectivity index (χ3v) is 7.63. The number of nitrogens with zero attached hydrogens (tertiary/aromatic N) is 4. The van der Waals surface area contributed by atoms with Crippen LogP contribution < -0.4 is 21.2 Å². The smallest absolute Gasteiger partial charge is 0.252 e. The van der Waals surface area contributed by atoms with Gasteiger partial charge in [-0.2, -0.15) is 0 Å². The van der Waals surface area contributed by atoms with E-state index in [9.17, 15) is 9.59 Å². The van der Waals surface area contributed by atoms with Crippen LogP contribution in [0.4, 0.5) is 0 Å². The molecule has 3 aliphatic rings. The molecule has 8 nitrogen and oxygen atoms in total. The first-order chi connectivity index (χ1) is 16.6. The molecule has 8 heteroatoms. The van der Waals surface area contributed by atoms with Gasteiger partial charge in [0.2, 0.25) is 0 Å². The Bertz CT molecular complexity index is 1350. The van der Waals surface area contributed by atoms with Gasteiger partial charge in [-0.25, -0.2) is 0 Å². The molecule has 0 aliphatic carbocycles. The molecular formula is C26H31N5O3. The van der Waals surface area contributed by atoms with Gasteiger partial charge in [0.1, 0.15) is 11.4 Å². The third kappa shape index (κ3) is 3.84. The van der Waals surface area contributed by atoms with Crippen LogP contribution in [0, 0.1) is 6.92 Å². The van der Waals surface area contributed by atoms with E-state index in [0.717, 1.165) is 86.5 Å². The molecule has 34 heavy (non-hydrogen) atoms. The molecule has 3 aliphatic heterocycles. The first-order valence-corrected chi connectivity index (χ1v) is 12.4. The molecule has 0 bridgehead atoms. The van der Waals surface area contributed by atoms with Crippen LogP contribution in [0.15, 0.2) is 40.1 Å². The second-order valence-electron chi connectivity index (χ2n) is 9.90. The number of ether oxygens (including phenoxy) is 1. The maximum atomic E-state index is 12.7. The van der Waals surface area contributed by atoms with Crippen molar-refractivity contribution in [2.75, 3.05) is 26.2 Å². The quantitative estimate of drug-likeness (QED) is 0.626. The van der Waals surface area contributed by atoms with Crippen molar-refractivity contribution < 1.29 is 4.74 Å². The molecule has 1 saturated heterocycles. The number of aryl methyl sites for hydroxylation is 2. The maximum absolute atomic E-state index is 12.7. The molecule has 0 spiro atoms. The van der Waals surface area contributed by atoms with E-state index in [2.05, 4.69) is 21.3 Å². The van der Waals surface area contributed by atoms with Crippen LogP contribution in [-0.2, 0) is 19.5 Å². The summed E-state index contributed by atoms with van der Waals surface area (Å²) in [5.41, 5.74) is 4.01. The number of fused-ring (bicyclic) bond motifs is 1. The second-order valence-corrected chi connectivity index (χ2v) is 9.90. The van der Waals surface area contributed by atoms with Crippen LogP contribution in [0.3, 0.4) is 0 Å². The topological polar surface area (TPSA) is 81.4 Å². The standard InChI is InChI=1S/C26H31N5O3/c1-17-11-25(33)30-16-21(31-24(32)5-4-22(17)26(30)31)15-29-8-6-19(7-9-29)27-13-20-12-18-3-2-10-34-23(18)14-28-20/h4-5,11-12,14,19,21,27H,2-3,6-10,13,15-16H2,1H3/t21-/m1/s1. The highest BCUT2D eigenvalue weighted by molar-refractivity contribution is 5.80. The Kier molecular flexibility index (Phi) is 5.50.